The summed E-state index contributed by atoms with van der Waals surface area (Å²) in [7, 11) is 0. The molecule has 1 aliphatic rings. The second kappa shape index (κ2) is 4.51. The van der Waals surface area contributed by atoms with Gasteiger partial charge in [-0.05, 0) is 6.92 Å². The fraction of sp³-hybridized carbons (Fsp3) is 0.556. The molecule has 0 aromatic carbocycles. The average Bonchev–Trinajstić information content (AvgIpc) is 2.23. The highest BCUT2D eigenvalue weighted by molar-refractivity contribution is 6.33. The minimum absolute atomic E-state index is 0.275. The van der Waals surface area contributed by atoms with Gasteiger partial charge in [0.1, 0.15) is 0 Å². The van der Waals surface area contributed by atoms with Gasteiger partial charge in [0.15, 0.2) is 10.3 Å². The maximum atomic E-state index is 5.98. The summed E-state index contributed by atoms with van der Waals surface area (Å²) in [6.45, 7) is 4.25. The molecule has 0 saturated carbocycles. The van der Waals surface area contributed by atoms with Gasteiger partial charge in [-0.2, -0.15) is 0 Å². The monoisotopic (exact) mass is 247 g/mol. The van der Waals surface area contributed by atoms with Crippen molar-refractivity contribution in [3.05, 3.63) is 16.4 Å². The maximum Gasteiger partial charge on any atom is 0.175 e. The first kappa shape index (κ1) is 10.9. The van der Waals surface area contributed by atoms with Crippen LogP contribution in [0.1, 0.15) is 6.92 Å². The van der Waals surface area contributed by atoms with E-state index in [0.29, 0.717) is 23.5 Å². The molecule has 1 aromatic rings. The molecular formula is C9H11Cl2N3O. The lowest BCUT2D eigenvalue weighted by molar-refractivity contribution is 0.0989. The Morgan fingerprint density at radius 2 is 2.27 bits per heavy atom. The van der Waals surface area contributed by atoms with E-state index < -0.39 is 0 Å². The minimum atomic E-state index is 0.275. The van der Waals surface area contributed by atoms with Crippen molar-refractivity contribution in [1.29, 1.82) is 0 Å². The third kappa shape index (κ3) is 2.33. The average molecular weight is 248 g/mol. The Morgan fingerprint density at radius 3 is 3.00 bits per heavy atom. The van der Waals surface area contributed by atoms with Crippen molar-refractivity contribution in [2.45, 2.75) is 13.0 Å². The van der Waals surface area contributed by atoms with Gasteiger partial charge in [0.2, 0.25) is 0 Å². The molecule has 1 aliphatic heterocycles. The van der Waals surface area contributed by atoms with Crippen LogP contribution in [-0.2, 0) is 4.74 Å². The van der Waals surface area contributed by atoms with Gasteiger partial charge in [-0.15, -0.1) is 10.2 Å². The molecule has 1 saturated heterocycles. The predicted molar refractivity (Wildman–Crippen MR) is 59.7 cm³/mol. The lowest BCUT2D eigenvalue weighted by Crippen LogP contribution is -2.43. The quantitative estimate of drug-likeness (QED) is 0.761. The van der Waals surface area contributed by atoms with E-state index in [1.54, 1.807) is 6.07 Å². The number of ether oxygens (including phenoxy) is 1. The molecule has 82 valence electrons. The van der Waals surface area contributed by atoms with Gasteiger partial charge in [0.05, 0.1) is 18.9 Å². The Kier molecular flexibility index (Phi) is 3.29. The number of anilines is 1. The first-order valence-corrected chi connectivity index (χ1v) is 5.47. The highest BCUT2D eigenvalue weighted by Gasteiger charge is 2.22. The Balaban J connectivity index is 2.30. The molecular weight excluding hydrogens is 237 g/mol. The van der Waals surface area contributed by atoms with Gasteiger partial charge in [0, 0.05) is 18.7 Å². The molecule has 0 N–H and O–H groups in total. The summed E-state index contributed by atoms with van der Waals surface area (Å²) in [6, 6.07) is 2.01. The molecule has 6 heteroatoms. The topological polar surface area (TPSA) is 38.2 Å². The van der Waals surface area contributed by atoms with Crippen molar-refractivity contribution in [2.75, 3.05) is 24.7 Å². The number of hydrogen-bond donors (Lipinski definition) is 0. The molecule has 0 spiro atoms. The molecule has 1 atom stereocenters. The molecule has 0 aliphatic carbocycles. The fourth-order valence-corrected chi connectivity index (χ4v) is 1.97. The van der Waals surface area contributed by atoms with Gasteiger partial charge in [-0.3, -0.25) is 0 Å². The van der Waals surface area contributed by atoms with E-state index in [1.807, 2.05) is 0 Å². The summed E-state index contributed by atoms with van der Waals surface area (Å²) in [5.41, 5.74) is 0.826. The van der Waals surface area contributed by atoms with Crippen LogP contribution >= 0.6 is 23.2 Å². The van der Waals surface area contributed by atoms with Crippen LogP contribution in [-0.4, -0.2) is 36.0 Å². The van der Waals surface area contributed by atoms with Crippen LogP contribution in [0.3, 0.4) is 0 Å². The van der Waals surface area contributed by atoms with E-state index in [2.05, 4.69) is 22.0 Å². The van der Waals surface area contributed by atoms with Crippen LogP contribution in [0.5, 0.6) is 0 Å². The number of halogens is 2. The van der Waals surface area contributed by atoms with Crippen molar-refractivity contribution < 1.29 is 4.74 Å². The van der Waals surface area contributed by atoms with E-state index >= 15 is 0 Å². The molecule has 2 rings (SSSR count). The number of aromatic nitrogens is 2. The maximum absolute atomic E-state index is 5.98. The summed E-state index contributed by atoms with van der Waals surface area (Å²) in [5.74, 6) is 0. The van der Waals surface area contributed by atoms with Crippen molar-refractivity contribution in [2.24, 2.45) is 0 Å². The van der Waals surface area contributed by atoms with Gasteiger partial charge in [-0.25, -0.2) is 0 Å². The first-order chi connectivity index (χ1) is 7.18. The number of nitrogens with zero attached hydrogens (tertiary/aromatic N) is 3. The largest absolute Gasteiger partial charge is 0.377 e. The molecule has 15 heavy (non-hydrogen) atoms. The van der Waals surface area contributed by atoms with E-state index in [1.165, 1.54) is 0 Å². The molecule has 0 bridgehead atoms. The molecule has 1 fully saturated rings. The van der Waals surface area contributed by atoms with Crippen LogP contribution < -0.4 is 4.90 Å². The van der Waals surface area contributed by atoms with Crippen LogP contribution in [0.25, 0.3) is 0 Å². The molecule has 0 amide bonds. The van der Waals surface area contributed by atoms with E-state index in [-0.39, 0.29) is 6.04 Å². The Morgan fingerprint density at radius 1 is 1.47 bits per heavy atom. The van der Waals surface area contributed by atoms with Crippen LogP contribution in [0, 0.1) is 0 Å². The number of rotatable bonds is 1. The summed E-state index contributed by atoms with van der Waals surface area (Å²) < 4.78 is 5.35. The summed E-state index contributed by atoms with van der Waals surface area (Å²) >= 11 is 11.8. The fourth-order valence-electron chi connectivity index (χ4n) is 1.63. The lowest BCUT2D eigenvalue weighted by Gasteiger charge is -2.35. The van der Waals surface area contributed by atoms with Crippen molar-refractivity contribution in [1.82, 2.24) is 10.2 Å². The van der Waals surface area contributed by atoms with E-state index in [4.69, 9.17) is 27.9 Å². The van der Waals surface area contributed by atoms with Crippen molar-refractivity contribution in [3.63, 3.8) is 0 Å². The molecule has 1 aromatic heterocycles. The van der Waals surface area contributed by atoms with Crippen molar-refractivity contribution >= 4 is 28.9 Å². The summed E-state index contributed by atoms with van der Waals surface area (Å²) in [4.78, 5) is 2.13. The van der Waals surface area contributed by atoms with Gasteiger partial charge < -0.3 is 9.64 Å². The molecule has 0 radical (unpaired) electrons. The first-order valence-electron chi connectivity index (χ1n) is 4.71. The molecule has 2 heterocycles. The molecule has 0 unspecified atom stereocenters. The summed E-state index contributed by atoms with van der Waals surface area (Å²) in [6.07, 6.45) is 0. The third-order valence-electron chi connectivity index (χ3n) is 2.38. The summed E-state index contributed by atoms with van der Waals surface area (Å²) in [5, 5.41) is 8.21. The third-order valence-corrected chi connectivity index (χ3v) is 2.83. The van der Waals surface area contributed by atoms with Crippen LogP contribution in [0.4, 0.5) is 5.69 Å². The predicted octanol–water partition coefficient (Wildman–Crippen LogP) is 2.01. The SMILES string of the molecule is C[C@@H]1COCCN1c1cc(Cl)nnc1Cl. The van der Waals surface area contributed by atoms with Crippen LogP contribution in [0.15, 0.2) is 6.07 Å². The Bertz CT molecular complexity index is 361. The van der Waals surface area contributed by atoms with Crippen molar-refractivity contribution in [3.8, 4) is 0 Å². The Labute approximate surface area is 98.1 Å². The zero-order valence-corrected chi connectivity index (χ0v) is 9.79. The lowest BCUT2D eigenvalue weighted by atomic mass is 10.2. The minimum Gasteiger partial charge on any atom is -0.377 e. The highest BCUT2D eigenvalue weighted by Crippen LogP contribution is 2.27. The van der Waals surface area contributed by atoms with Crippen LogP contribution in [0.2, 0.25) is 10.3 Å². The standard InChI is InChI=1S/C9H11Cl2N3O/c1-6-5-15-3-2-14(6)7-4-8(10)12-13-9(7)11/h4,6H,2-3,5H2,1H3/t6-/m1/s1. The van der Waals surface area contributed by atoms with Gasteiger partial charge in [0.25, 0.3) is 0 Å². The van der Waals surface area contributed by atoms with Gasteiger partial charge >= 0.3 is 0 Å². The number of hydrogen-bond acceptors (Lipinski definition) is 4. The normalized spacial score (nSPS) is 21.8. The number of morpholine rings is 1. The van der Waals surface area contributed by atoms with E-state index in [0.717, 1.165) is 12.2 Å². The Hall–Kier alpha value is -0.580. The van der Waals surface area contributed by atoms with Gasteiger partial charge in [-0.1, -0.05) is 23.2 Å². The molecule has 4 nitrogen and oxygen atoms in total. The zero-order valence-electron chi connectivity index (χ0n) is 8.28. The second-order valence-electron chi connectivity index (χ2n) is 3.46. The van der Waals surface area contributed by atoms with E-state index in [9.17, 15) is 0 Å². The second-order valence-corrected chi connectivity index (χ2v) is 4.21. The smallest absolute Gasteiger partial charge is 0.175 e. The highest BCUT2D eigenvalue weighted by atomic mass is 35.5. The zero-order chi connectivity index (χ0) is 10.8.